The van der Waals surface area contributed by atoms with Crippen molar-refractivity contribution in [3.63, 3.8) is 0 Å². The molecule has 2 atom stereocenters. The number of sulfonamides is 1. The molecule has 1 aliphatic heterocycles. The van der Waals surface area contributed by atoms with Crippen molar-refractivity contribution in [3.8, 4) is 0 Å². The highest BCUT2D eigenvalue weighted by molar-refractivity contribution is 7.89. The van der Waals surface area contributed by atoms with Crippen molar-refractivity contribution < 1.29 is 27.9 Å². The van der Waals surface area contributed by atoms with Crippen LogP contribution in [0, 0.1) is 11.3 Å². The second-order valence-corrected chi connectivity index (χ2v) is 12.8. The van der Waals surface area contributed by atoms with Gasteiger partial charge < -0.3 is 25.5 Å². The van der Waals surface area contributed by atoms with Gasteiger partial charge in [0.15, 0.2) is 5.96 Å². The first-order valence-electron chi connectivity index (χ1n) is 14.3. The fourth-order valence-corrected chi connectivity index (χ4v) is 6.66. The number of nitrogens with two attached hydrogens (primary N) is 1. The molecule has 12 nitrogen and oxygen atoms in total. The molecule has 1 heterocycles. The summed E-state index contributed by atoms with van der Waals surface area (Å²) < 4.78 is 29.6. The van der Waals surface area contributed by atoms with Gasteiger partial charge in [0.1, 0.15) is 12.6 Å². The molecule has 1 aliphatic rings. The molecule has 45 heavy (non-hydrogen) atoms. The van der Waals surface area contributed by atoms with E-state index in [1.165, 1.54) is 24.1 Å². The monoisotopic (exact) mass is 658 g/mol. The van der Waals surface area contributed by atoms with Crippen LogP contribution in [0.3, 0.4) is 0 Å². The van der Waals surface area contributed by atoms with Gasteiger partial charge >= 0.3 is 5.97 Å². The molecule has 0 spiro atoms. The minimum atomic E-state index is -4.27. The van der Waals surface area contributed by atoms with Gasteiger partial charge in [-0.3, -0.25) is 19.8 Å². The van der Waals surface area contributed by atoms with Crippen LogP contribution in [-0.4, -0.2) is 91.2 Å². The van der Waals surface area contributed by atoms with Crippen molar-refractivity contribution in [2.75, 3.05) is 33.2 Å². The van der Waals surface area contributed by atoms with Gasteiger partial charge in [-0.1, -0.05) is 60.7 Å². The van der Waals surface area contributed by atoms with E-state index in [1.807, 2.05) is 42.5 Å². The fraction of sp³-hybridized carbons (Fsp3) is 0.355. The molecular weight excluding hydrogens is 620 g/mol. The lowest BCUT2D eigenvalue weighted by molar-refractivity contribution is -0.146. The maximum atomic E-state index is 13.7. The predicted molar refractivity (Wildman–Crippen MR) is 173 cm³/mol. The molecule has 14 heteroatoms. The molecule has 1 saturated heterocycles. The van der Waals surface area contributed by atoms with Crippen molar-refractivity contribution in [2.24, 2.45) is 11.7 Å². The van der Waals surface area contributed by atoms with Crippen LogP contribution >= 0.6 is 12.4 Å². The molecule has 0 aliphatic carbocycles. The average Bonchev–Trinajstić information content (AvgIpc) is 3.00. The number of halogens is 1. The zero-order valence-corrected chi connectivity index (χ0v) is 26.6. The summed E-state index contributed by atoms with van der Waals surface area (Å²) in [5.74, 6) is -2.80. The SMILES string of the molecule is CN(Cc1ccccc1)C(=O)[C@H](CC(=O)N(CC(=O)O)C[C@@H]1CCCN(C(=N)N)C1)NS(=O)(=O)c1ccc2ccccc2c1.Cl. The first-order chi connectivity index (χ1) is 20.9. The van der Waals surface area contributed by atoms with Gasteiger partial charge in [-0.2, -0.15) is 4.72 Å². The average molecular weight is 659 g/mol. The van der Waals surface area contributed by atoms with Crippen LogP contribution in [0.5, 0.6) is 0 Å². The lowest BCUT2D eigenvalue weighted by Gasteiger charge is -2.36. The number of hydrogen-bond acceptors (Lipinski definition) is 6. The third kappa shape index (κ3) is 9.64. The summed E-state index contributed by atoms with van der Waals surface area (Å²) in [6.07, 6.45) is 0.835. The van der Waals surface area contributed by atoms with Gasteiger partial charge in [-0.05, 0) is 47.2 Å². The van der Waals surface area contributed by atoms with E-state index < -0.39 is 46.8 Å². The molecule has 242 valence electrons. The molecule has 0 bridgehead atoms. The summed E-state index contributed by atoms with van der Waals surface area (Å²) >= 11 is 0. The van der Waals surface area contributed by atoms with E-state index in [0.717, 1.165) is 22.3 Å². The van der Waals surface area contributed by atoms with Crippen molar-refractivity contribution in [2.45, 2.75) is 36.7 Å². The van der Waals surface area contributed by atoms with Crippen LogP contribution < -0.4 is 10.5 Å². The quantitative estimate of drug-likeness (QED) is 0.169. The van der Waals surface area contributed by atoms with Crippen molar-refractivity contribution in [1.82, 2.24) is 19.4 Å². The summed E-state index contributed by atoms with van der Waals surface area (Å²) in [6, 6.07) is 19.5. The Morgan fingerprint density at radius 2 is 1.73 bits per heavy atom. The largest absolute Gasteiger partial charge is 0.480 e. The minimum absolute atomic E-state index is 0. The second kappa shape index (κ2) is 15.7. The van der Waals surface area contributed by atoms with Gasteiger partial charge in [0, 0.05) is 33.2 Å². The zero-order chi connectivity index (χ0) is 31.9. The van der Waals surface area contributed by atoms with Gasteiger partial charge in [0.25, 0.3) is 0 Å². The van der Waals surface area contributed by atoms with E-state index in [4.69, 9.17) is 11.1 Å². The second-order valence-electron chi connectivity index (χ2n) is 11.1. The number of benzene rings is 3. The number of hydrogen-bond donors (Lipinski definition) is 4. The molecule has 0 radical (unpaired) electrons. The number of carbonyl (C=O) groups is 3. The number of carbonyl (C=O) groups excluding carboxylic acids is 2. The van der Waals surface area contributed by atoms with Crippen LogP contribution in [0.4, 0.5) is 0 Å². The summed E-state index contributed by atoms with van der Waals surface area (Å²) in [5, 5.41) is 18.8. The highest BCUT2D eigenvalue weighted by Crippen LogP contribution is 2.21. The summed E-state index contributed by atoms with van der Waals surface area (Å²) in [5.41, 5.74) is 6.46. The lowest BCUT2D eigenvalue weighted by Crippen LogP contribution is -2.51. The molecule has 3 aromatic rings. The Kier molecular flexibility index (Phi) is 12.3. The normalized spacial score (nSPS) is 15.5. The molecule has 4 rings (SSSR count). The molecular formula is C31H39ClN6O6S. The van der Waals surface area contributed by atoms with Gasteiger partial charge in [-0.25, -0.2) is 8.42 Å². The highest BCUT2D eigenvalue weighted by Gasteiger charge is 2.33. The first-order valence-corrected chi connectivity index (χ1v) is 15.8. The third-order valence-corrected chi connectivity index (χ3v) is 9.13. The Hall–Kier alpha value is -4.20. The van der Waals surface area contributed by atoms with Crippen LogP contribution in [0.2, 0.25) is 0 Å². The third-order valence-electron chi connectivity index (χ3n) is 7.66. The minimum Gasteiger partial charge on any atom is -0.480 e. The Morgan fingerprint density at radius 1 is 1.07 bits per heavy atom. The number of nitrogens with one attached hydrogen (secondary N) is 2. The van der Waals surface area contributed by atoms with Crippen LogP contribution in [0.1, 0.15) is 24.8 Å². The van der Waals surface area contributed by atoms with E-state index in [9.17, 15) is 27.9 Å². The number of amides is 2. The number of likely N-dealkylation sites (N-methyl/N-ethyl adjacent to an activating group) is 1. The number of aliphatic carboxylic acids is 1. The Morgan fingerprint density at radius 3 is 2.40 bits per heavy atom. The Balaban J connectivity index is 0.00000552. The summed E-state index contributed by atoms with van der Waals surface area (Å²) in [4.78, 5) is 43.2. The maximum absolute atomic E-state index is 13.7. The van der Waals surface area contributed by atoms with Crippen molar-refractivity contribution in [1.29, 1.82) is 5.41 Å². The van der Waals surface area contributed by atoms with Crippen LogP contribution in [-0.2, 0) is 31.0 Å². The highest BCUT2D eigenvalue weighted by atomic mass is 35.5. The van der Waals surface area contributed by atoms with E-state index in [1.54, 1.807) is 23.1 Å². The number of piperidine rings is 1. The Labute approximate surface area is 269 Å². The number of likely N-dealkylation sites (tertiary alicyclic amines) is 1. The van der Waals surface area contributed by atoms with Crippen LogP contribution in [0.15, 0.2) is 77.7 Å². The number of carboxylic acids is 1. The van der Waals surface area contributed by atoms with Gasteiger partial charge in [0.2, 0.25) is 21.8 Å². The summed E-state index contributed by atoms with van der Waals surface area (Å²) in [7, 11) is -2.75. The number of nitrogens with zero attached hydrogens (tertiary/aromatic N) is 3. The molecule has 0 saturated carbocycles. The molecule has 2 amide bonds. The lowest BCUT2D eigenvalue weighted by atomic mass is 9.97. The standard InChI is InChI=1S/C31H38N6O6S.ClH/c1-35(18-22-8-3-2-4-9-22)30(41)27(34-44(42,43)26-14-13-24-11-5-6-12-25(24)16-26)17-28(38)37(21-29(39)40)20-23-10-7-15-36(19-23)31(32)33;/h2-6,8-9,11-14,16,23,27,34H,7,10,15,17-21H2,1H3,(H3,32,33)(H,39,40);1H/t23-,27+;/m1./s1. The van der Waals surface area contributed by atoms with Crippen molar-refractivity contribution >= 4 is 56.9 Å². The van der Waals surface area contributed by atoms with E-state index in [-0.39, 0.29) is 42.3 Å². The van der Waals surface area contributed by atoms with E-state index in [0.29, 0.717) is 24.9 Å². The topological polar surface area (TPSA) is 177 Å². The predicted octanol–water partition coefficient (Wildman–Crippen LogP) is 2.48. The van der Waals surface area contributed by atoms with E-state index >= 15 is 0 Å². The van der Waals surface area contributed by atoms with Gasteiger partial charge in [0.05, 0.1) is 11.3 Å². The van der Waals surface area contributed by atoms with Crippen LogP contribution in [0.25, 0.3) is 10.8 Å². The molecule has 0 aromatic heterocycles. The maximum Gasteiger partial charge on any atom is 0.323 e. The number of fused-ring (bicyclic) bond motifs is 1. The Bertz CT molecular complexity index is 1620. The van der Waals surface area contributed by atoms with E-state index in [2.05, 4.69) is 4.72 Å². The van der Waals surface area contributed by atoms with Gasteiger partial charge in [-0.15, -0.1) is 12.4 Å². The molecule has 0 unspecified atom stereocenters. The van der Waals surface area contributed by atoms with Crippen molar-refractivity contribution in [3.05, 3.63) is 78.4 Å². The number of rotatable bonds is 12. The smallest absolute Gasteiger partial charge is 0.323 e. The molecule has 3 aromatic carbocycles. The number of guanidine groups is 1. The molecule has 5 N–H and O–H groups in total. The number of carboxylic acid groups (broad SMARTS) is 1. The summed E-state index contributed by atoms with van der Waals surface area (Å²) in [6.45, 7) is 0.597. The fourth-order valence-electron chi connectivity index (χ4n) is 5.44. The zero-order valence-electron chi connectivity index (χ0n) is 25.0. The first kappa shape index (κ1) is 35.3. The molecule has 1 fully saturated rings.